The summed E-state index contributed by atoms with van der Waals surface area (Å²) in [6.07, 6.45) is 0. The minimum atomic E-state index is 0.485. The van der Waals surface area contributed by atoms with Gasteiger partial charge in [0.1, 0.15) is 0 Å². The van der Waals surface area contributed by atoms with E-state index in [1.54, 1.807) is 11.8 Å². The van der Waals surface area contributed by atoms with E-state index < -0.39 is 0 Å². The van der Waals surface area contributed by atoms with Crippen molar-refractivity contribution in [1.82, 2.24) is 5.32 Å². The largest absolute Gasteiger partial charge is 0.310 e. The van der Waals surface area contributed by atoms with Crippen LogP contribution in [0.15, 0.2) is 47.4 Å². The Labute approximate surface area is 137 Å². The van der Waals surface area contributed by atoms with Gasteiger partial charge in [-0.25, -0.2) is 0 Å². The van der Waals surface area contributed by atoms with Crippen molar-refractivity contribution in [1.29, 1.82) is 0 Å². The van der Waals surface area contributed by atoms with Gasteiger partial charge in [0.15, 0.2) is 0 Å². The monoisotopic (exact) mass is 319 g/mol. The Morgan fingerprint density at radius 3 is 2.57 bits per heavy atom. The van der Waals surface area contributed by atoms with E-state index in [4.69, 9.17) is 11.6 Å². The highest BCUT2D eigenvalue weighted by Gasteiger charge is 2.05. The fourth-order valence-corrected chi connectivity index (χ4v) is 3.38. The molecule has 0 radical (unpaired) electrons. The molecule has 0 bridgehead atoms. The second-order valence-corrected chi connectivity index (χ2v) is 6.94. The molecule has 0 aromatic heterocycles. The Balaban J connectivity index is 1.99. The number of benzene rings is 2. The highest BCUT2D eigenvalue weighted by Crippen LogP contribution is 2.31. The molecule has 0 spiro atoms. The molecule has 2 aromatic carbocycles. The van der Waals surface area contributed by atoms with Crippen LogP contribution in [0, 0.1) is 6.92 Å². The van der Waals surface area contributed by atoms with Crippen LogP contribution in [0.25, 0.3) is 0 Å². The molecule has 21 heavy (non-hydrogen) atoms. The Kier molecular flexibility index (Phi) is 6.16. The van der Waals surface area contributed by atoms with Gasteiger partial charge in [-0.1, -0.05) is 55.8 Å². The molecule has 0 unspecified atom stereocenters. The lowest BCUT2D eigenvalue weighted by atomic mass is 10.1. The number of rotatable bonds is 6. The molecule has 0 aliphatic carbocycles. The molecule has 0 saturated carbocycles. The number of hydrogen-bond acceptors (Lipinski definition) is 2. The van der Waals surface area contributed by atoms with E-state index in [0.717, 1.165) is 22.2 Å². The molecule has 2 aromatic rings. The fraction of sp³-hybridized carbons (Fsp3) is 0.333. The molecule has 2 rings (SSSR count). The summed E-state index contributed by atoms with van der Waals surface area (Å²) in [4.78, 5) is 1.15. The summed E-state index contributed by atoms with van der Waals surface area (Å²) in [5.41, 5.74) is 3.93. The average Bonchev–Trinajstić information content (AvgIpc) is 2.45. The summed E-state index contributed by atoms with van der Waals surface area (Å²) in [5, 5.41) is 4.25. The first-order chi connectivity index (χ1) is 10.1. The van der Waals surface area contributed by atoms with Crippen LogP contribution in [0.5, 0.6) is 0 Å². The topological polar surface area (TPSA) is 12.0 Å². The second kappa shape index (κ2) is 7.88. The van der Waals surface area contributed by atoms with Crippen LogP contribution in [-0.4, -0.2) is 6.04 Å². The molecule has 0 aliphatic rings. The van der Waals surface area contributed by atoms with Crippen LogP contribution in [0.2, 0.25) is 5.02 Å². The lowest BCUT2D eigenvalue weighted by Gasteiger charge is -2.11. The average molecular weight is 320 g/mol. The van der Waals surface area contributed by atoms with Crippen molar-refractivity contribution >= 4 is 23.4 Å². The summed E-state index contributed by atoms with van der Waals surface area (Å²) >= 11 is 8.20. The predicted molar refractivity (Wildman–Crippen MR) is 94.2 cm³/mol. The molecule has 0 heterocycles. The third kappa shape index (κ3) is 5.06. The molecule has 0 aliphatic heterocycles. The van der Waals surface area contributed by atoms with Crippen LogP contribution in [0.1, 0.15) is 30.5 Å². The maximum absolute atomic E-state index is 6.40. The zero-order valence-electron chi connectivity index (χ0n) is 12.8. The van der Waals surface area contributed by atoms with Crippen LogP contribution in [0.3, 0.4) is 0 Å². The van der Waals surface area contributed by atoms with E-state index in [9.17, 15) is 0 Å². The molecule has 0 saturated heterocycles. The molecular formula is C18H22ClNS. The van der Waals surface area contributed by atoms with Gasteiger partial charge >= 0.3 is 0 Å². The van der Waals surface area contributed by atoms with Crippen molar-refractivity contribution in [2.24, 2.45) is 0 Å². The molecule has 0 atom stereocenters. The van der Waals surface area contributed by atoms with Gasteiger partial charge in [0.05, 0.1) is 5.02 Å². The first kappa shape index (κ1) is 16.4. The molecule has 0 fully saturated rings. The van der Waals surface area contributed by atoms with Crippen molar-refractivity contribution in [2.75, 3.05) is 0 Å². The zero-order chi connectivity index (χ0) is 15.2. The number of thioether (sulfide) groups is 1. The van der Waals surface area contributed by atoms with Gasteiger partial charge in [-0.05, 0) is 35.7 Å². The molecule has 3 heteroatoms. The van der Waals surface area contributed by atoms with E-state index in [1.807, 2.05) is 0 Å². The van der Waals surface area contributed by atoms with Crippen LogP contribution < -0.4 is 5.32 Å². The minimum Gasteiger partial charge on any atom is -0.310 e. The Bertz CT molecular complexity index is 596. The Hall–Kier alpha value is -0.960. The van der Waals surface area contributed by atoms with Crippen molar-refractivity contribution in [2.45, 2.75) is 44.0 Å². The number of nitrogens with one attached hydrogen (secondary N) is 1. The normalized spacial score (nSPS) is 11.1. The molecular weight excluding hydrogens is 298 g/mol. The Morgan fingerprint density at radius 1 is 1.14 bits per heavy atom. The third-order valence-corrected chi connectivity index (χ3v) is 4.90. The van der Waals surface area contributed by atoms with Crippen molar-refractivity contribution in [3.8, 4) is 0 Å². The van der Waals surface area contributed by atoms with Gasteiger partial charge in [0.2, 0.25) is 0 Å². The van der Waals surface area contributed by atoms with E-state index in [2.05, 4.69) is 68.6 Å². The van der Waals surface area contributed by atoms with Gasteiger partial charge in [0, 0.05) is 23.2 Å². The maximum atomic E-state index is 6.40. The van der Waals surface area contributed by atoms with Crippen molar-refractivity contribution in [3.63, 3.8) is 0 Å². The third-order valence-electron chi connectivity index (χ3n) is 3.36. The zero-order valence-corrected chi connectivity index (χ0v) is 14.4. The van der Waals surface area contributed by atoms with Crippen LogP contribution in [-0.2, 0) is 12.3 Å². The SMILES string of the molecule is Cc1ccccc1CSc1ccc(CNC(C)C)cc1Cl. The highest BCUT2D eigenvalue weighted by molar-refractivity contribution is 7.98. The lowest BCUT2D eigenvalue weighted by molar-refractivity contribution is 0.589. The van der Waals surface area contributed by atoms with E-state index in [-0.39, 0.29) is 0 Å². The highest BCUT2D eigenvalue weighted by atomic mass is 35.5. The predicted octanol–water partition coefficient (Wildman–Crippen LogP) is 5.44. The van der Waals surface area contributed by atoms with Gasteiger partial charge < -0.3 is 5.32 Å². The number of aryl methyl sites for hydroxylation is 1. The second-order valence-electron chi connectivity index (χ2n) is 5.52. The number of hydrogen-bond donors (Lipinski definition) is 1. The van der Waals surface area contributed by atoms with Gasteiger partial charge in [0.25, 0.3) is 0 Å². The summed E-state index contributed by atoms with van der Waals surface area (Å²) in [7, 11) is 0. The van der Waals surface area contributed by atoms with Gasteiger partial charge in [-0.15, -0.1) is 11.8 Å². The minimum absolute atomic E-state index is 0.485. The van der Waals surface area contributed by atoms with E-state index in [0.29, 0.717) is 6.04 Å². The molecule has 1 nitrogen and oxygen atoms in total. The quantitative estimate of drug-likeness (QED) is 0.712. The lowest BCUT2D eigenvalue weighted by Crippen LogP contribution is -2.21. The van der Waals surface area contributed by atoms with Gasteiger partial charge in [-0.3, -0.25) is 0 Å². The standard InChI is InChI=1S/C18H22ClNS/c1-13(2)20-11-15-8-9-18(17(19)10-15)21-12-16-7-5-4-6-14(16)3/h4-10,13,20H,11-12H2,1-3H3. The van der Waals surface area contributed by atoms with E-state index in [1.165, 1.54) is 16.7 Å². The summed E-state index contributed by atoms with van der Waals surface area (Å²) in [6.45, 7) is 7.31. The van der Waals surface area contributed by atoms with Crippen molar-refractivity contribution < 1.29 is 0 Å². The first-order valence-electron chi connectivity index (χ1n) is 7.25. The first-order valence-corrected chi connectivity index (χ1v) is 8.61. The van der Waals surface area contributed by atoms with E-state index >= 15 is 0 Å². The van der Waals surface area contributed by atoms with Gasteiger partial charge in [-0.2, -0.15) is 0 Å². The molecule has 0 amide bonds. The van der Waals surface area contributed by atoms with Crippen LogP contribution in [0.4, 0.5) is 0 Å². The summed E-state index contributed by atoms with van der Waals surface area (Å²) in [5.74, 6) is 0.954. The summed E-state index contributed by atoms with van der Waals surface area (Å²) < 4.78 is 0. The summed E-state index contributed by atoms with van der Waals surface area (Å²) in [6, 6.07) is 15.3. The fourth-order valence-electron chi connectivity index (χ4n) is 2.02. The molecule has 112 valence electrons. The smallest absolute Gasteiger partial charge is 0.0545 e. The Morgan fingerprint density at radius 2 is 1.90 bits per heavy atom. The van der Waals surface area contributed by atoms with Crippen molar-refractivity contribution in [3.05, 3.63) is 64.2 Å². The molecule has 1 N–H and O–H groups in total. The number of halogens is 1. The van der Waals surface area contributed by atoms with Crippen LogP contribution >= 0.6 is 23.4 Å². The maximum Gasteiger partial charge on any atom is 0.0545 e.